The second-order valence-electron chi connectivity index (χ2n) is 6.46. The maximum Gasteiger partial charge on any atom is 0.191 e. The highest BCUT2D eigenvalue weighted by molar-refractivity contribution is 14.0. The Kier molecular flexibility index (Phi) is 8.89. The van der Waals surface area contributed by atoms with Gasteiger partial charge in [0.15, 0.2) is 5.96 Å². The Morgan fingerprint density at radius 3 is 2.67 bits per heavy atom. The van der Waals surface area contributed by atoms with Gasteiger partial charge in [0.2, 0.25) is 0 Å². The number of piperidine rings is 1. The molecule has 2 rings (SSSR count). The topological polar surface area (TPSA) is 54.1 Å². The SMILES string of the molecule is CC(C)CN1CCCC(CN=C(N)N2CCOCC2)C1.I. The molecule has 21 heavy (non-hydrogen) atoms. The van der Waals surface area contributed by atoms with Gasteiger partial charge < -0.3 is 20.3 Å². The molecule has 124 valence electrons. The molecule has 0 amide bonds. The number of rotatable bonds is 4. The number of morpholine rings is 1. The van der Waals surface area contributed by atoms with Gasteiger partial charge in [-0.15, -0.1) is 24.0 Å². The van der Waals surface area contributed by atoms with E-state index in [0.29, 0.717) is 11.9 Å². The number of nitrogens with zero attached hydrogens (tertiary/aromatic N) is 3. The summed E-state index contributed by atoms with van der Waals surface area (Å²) in [6, 6.07) is 0. The third-order valence-corrected chi connectivity index (χ3v) is 4.07. The lowest BCUT2D eigenvalue weighted by Crippen LogP contribution is -2.45. The third-order valence-electron chi connectivity index (χ3n) is 4.07. The molecule has 1 atom stereocenters. The highest BCUT2D eigenvalue weighted by Gasteiger charge is 2.20. The quantitative estimate of drug-likeness (QED) is 0.435. The molecular weight excluding hydrogens is 379 g/mol. The zero-order valence-electron chi connectivity index (χ0n) is 13.5. The first-order valence-electron chi connectivity index (χ1n) is 8.00. The van der Waals surface area contributed by atoms with E-state index < -0.39 is 0 Å². The highest BCUT2D eigenvalue weighted by Crippen LogP contribution is 2.17. The molecule has 0 radical (unpaired) electrons. The van der Waals surface area contributed by atoms with Crippen LogP contribution in [0.5, 0.6) is 0 Å². The smallest absolute Gasteiger partial charge is 0.191 e. The van der Waals surface area contributed by atoms with E-state index in [4.69, 9.17) is 10.5 Å². The minimum absolute atomic E-state index is 0. The minimum atomic E-state index is 0. The van der Waals surface area contributed by atoms with Crippen molar-refractivity contribution in [3.8, 4) is 0 Å². The fraction of sp³-hybridized carbons (Fsp3) is 0.933. The Bertz CT molecular complexity index is 319. The largest absolute Gasteiger partial charge is 0.378 e. The van der Waals surface area contributed by atoms with Gasteiger partial charge in [-0.2, -0.15) is 0 Å². The second-order valence-corrected chi connectivity index (χ2v) is 6.46. The van der Waals surface area contributed by atoms with Gasteiger partial charge in [0.25, 0.3) is 0 Å². The van der Waals surface area contributed by atoms with Crippen molar-refractivity contribution in [2.45, 2.75) is 26.7 Å². The summed E-state index contributed by atoms with van der Waals surface area (Å²) in [5.74, 6) is 2.12. The average Bonchev–Trinajstić information content (AvgIpc) is 2.45. The standard InChI is InChI=1S/C15H30N4O.HI/c1-13(2)11-18-5-3-4-14(12-18)10-17-15(16)19-6-8-20-9-7-19;/h13-14H,3-12H2,1-2H3,(H2,16,17);1H. The van der Waals surface area contributed by atoms with Crippen LogP contribution in [0.2, 0.25) is 0 Å². The first kappa shape index (κ1) is 19.0. The molecule has 0 aromatic rings. The van der Waals surface area contributed by atoms with Crippen molar-refractivity contribution in [3.05, 3.63) is 0 Å². The summed E-state index contributed by atoms with van der Waals surface area (Å²) in [6.07, 6.45) is 2.58. The fourth-order valence-corrected chi connectivity index (χ4v) is 3.10. The summed E-state index contributed by atoms with van der Waals surface area (Å²) >= 11 is 0. The maximum absolute atomic E-state index is 6.09. The van der Waals surface area contributed by atoms with E-state index >= 15 is 0 Å². The molecule has 0 aromatic heterocycles. The lowest BCUT2D eigenvalue weighted by Gasteiger charge is -2.33. The van der Waals surface area contributed by atoms with Crippen LogP contribution in [0.4, 0.5) is 0 Å². The Balaban J connectivity index is 0.00000220. The van der Waals surface area contributed by atoms with Crippen LogP contribution < -0.4 is 5.73 Å². The monoisotopic (exact) mass is 410 g/mol. The Hall–Kier alpha value is -0.0800. The van der Waals surface area contributed by atoms with Crippen LogP contribution in [0.3, 0.4) is 0 Å². The summed E-state index contributed by atoms with van der Waals surface area (Å²) in [7, 11) is 0. The van der Waals surface area contributed by atoms with Gasteiger partial charge >= 0.3 is 0 Å². The number of likely N-dealkylation sites (tertiary alicyclic amines) is 1. The van der Waals surface area contributed by atoms with Gasteiger partial charge in [0.1, 0.15) is 0 Å². The molecule has 2 fully saturated rings. The van der Waals surface area contributed by atoms with E-state index in [2.05, 4.69) is 28.6 Å². The number of guanidine groups is 1. The van der Waals surface area contributed by atoms with Crippen molar-refractivity contribution in [1.29, 1.82) is 0 Å². The predicted octanol–water partition coefficient (Wildman–Crippen LogP) is 1.62. The summed E-state index contributed by atoms with van der Waals surface area (Å²) in [6.45, 7) is 12.4. The molecule has 0 saturated carbocycles. The van der Waals surface area contributed by atoms with Crippen molar-refractivity contribution < 1.29 is 4.74 Å². The molecule has 1 unspecified atom stereocenters. The van der Waals surface area contributed by atoms with E-state index in [0.717, 1.165) is 38.8 Å². The van der Waals surface area contributed by atoms with Gasteiger partial charge in [-0.3, -0.25) is 4.99 Å². The molecular formula is C15H31IN4O. The molecule has 0 bridgehead atoms. The van der Waals surface area contributed by atoms with E-state index in [1.54, 1.807) is 0 Å². The lowest BCUT2D eigenvalue weighted by molar-refractivity contribution is 0.0673. The number of halogens is 1. The summed E-state index contributed by atoms with van der Waals surface area (Å²) in [5, 5.41) is 0. The normalized spacial score (nSPS) is 25.0. The Morgan fingerprint density at radius 2 is 2.00 bits per heavy atom. The van der Waals surface area contributed by atoms with Crippen molar-refractivity contribution in [1.82, 2.24) is 9.80 Å². The van der Waals surface area contributed by atoms with Crippen LogP contribution in [-0.2, 0) is 4.74 Å². The van der Waals surface area contributed by atoms with Gasteiger partial charge in [-0.25, -0.2) is 0 Å². The first-order chi connectivity index (χ1) is 9.65. The molecule has 2 aliphatic heterocycles. The van der Waals surface area contributed by atoms with E-state index in [9.17, 15) is 0 Å². The molecule has 6 heteroatoms. The summed E-state index contributed by atoms with van der Waals surface area (Å²) < 4.78 is 5.34. The van der Waals surface area contributed by atoms with Crippen LogP contribution in [0.15, 0.2) is 4.99 Å². The number of nitrogens with two attached hydrogens (primary N) is 1. The minimum Gasteiger partial charge on any atom is -0.378 e. The van der Waals surface area contributed by atoms with Crippen molar-refractivity contribution >= 4 is 29.9 Å². The number of hydrogen-bond acceptors (Lipinski definition) is 3. The number of hydrogen-bond donors (Lipinski definition) is 1. The molecule has 0 spiro atoms. The Labute approximate surface area is 146 Å². The van der Waals surface area contributed by atoms with E-state index in [1.165, 1.54) is 32.5 Å². The third kappa shape index (κ3) is 6.69. The highest BCUT2D eigenvalue weighted by atomic mass is 127. The zero-order chi connectivity index (χ0) is 14.4. The van der Waals surface area contributed by atoms with E-state index in [-0.39, 0.29) is 24.0 Å². The average molecular weight is 410 g/mol. The summed E-state index contributed by atoms with van der Waals surface area (Å²) in [5.41, 5.74) is 6.09. The van der Waals surface area contributed by atoms with Gasteiger partial charge in [-0.05, 0) is 31.2 Å². The fourth-order valence-electron chi connectivity index (χ4n) is 3.10. The van der Waals surface area contributed by atoms with Crippen LogP contribution in [0.1, 0.15) is 26.7 Å². The molecule has 0 aromatic carbocycles. The van der Waals surface area contributed by atoms with Gasteiger partial charge in [-0.1, -0.05) is 13.8 Å². The maximum atomic E-state index is 6.09. The molecule has 0 aliphatic carbocycles. The summed E-state index contributed by atoms with van der Waals surface area (Å²) in [4.78, 5) is 9.34. The van der Waals surface area contributed by atoms with Crippen LogP contribution >= 0.6 is 24.0 Å². The van der Waals surface area contributed by atoms with Crippen LogP contribution in [0.25, 0.3) is 0 Å². The van der Waals surface area contributed by atoms with E-state index in [1.807, 2.05) is 0 Å². The molecule has 2 saturated heterocycles. The zero-order valence-corrected chi connectivity index (χ0v) is 15.8. The van der Waals surface area contributed by atoms with Crippen molar-refractivity contribution in [2.75, 3.05) is 52.5 Å². The molecule has 2 heterocycles. The van der Waals surface area contributed by atoms with Crippen LogP contribution in [0, 0.1) is 11.8 Å². The van der Waals surface area contributed by atoms with Crippen molar-refractivity contribution in [3.63, 3.8) is 0 Å². The van der Waals surface area contributed by atoms with Gasteiger partial charge in [0, 0.05) is 32.7 Å². The van der Waals surface area contributed by atoms with Crippen molar-refractivity contribution in [2.24, 2.45) is 22.6 Å². The van der Waals surface area contributed by atoms with Gasteiger partial charge in [0.05, 0.1) is 13.2 Å². The second kappa shape index (κ2) is 9.84. The Morgan fingerprint density at radius 1 is 1.29 bits per heavy atom. The first-order valence-corrected chi connectivity index (χ1v) is 8.00. The number of ether oxygens (including phenoxy) is 1. The number of aliphatic imine (C=N–C) groups is 1. The molecule has 5 nitrogen and oxygen atoms in total. The lowest BCUT2D eigenvalue weighted by atomic mass is 9.97. The molecule has 2 N–H and O–H groups in total. The van der Waals surface area contributed by atoms with Crippen LogP contribution in [-0.4, -0.2) is 68.2 Å². The molecule has 2 aliphatic rings. The predicted molar refractivity (Wildman–Crippen MR) is 98.3 cm³/mol.